The van der Waals surface area contributed by atoms with Crippen LogP contribution in [0.15, 0.2) is 12.4 Å². The zero-order valence-electron chi connectivity index (χ0n) is 12.6. The van der Waals surface area contributed by atoms with E-state index in [0.29, 0.717) is 12.0 Å². The number of alkyl halides is 3. The van der Waals surface area contributed by atoms with Crippen LogP contribution >= 0.6 is 0 Å². The minimum atomic E-state index is -4.75. The Kier molecular flexibility index (Phi) is 3.97. The van der Waals surface area contributed by atoms with Crippen LogP contribution < -0.4 is 5.32 Å². The molecule has 0 aliphatic heterocycles. The molecule has 2 aliphatic rings. The number of nitrogens with zero attached hydrogens (tertiary/aromatic N) is 2. The van der Waals surface area contributed by atoms with Crippen molar-refractivity contribution in [2.45, 2.75) is 49.9 Å². The molecule has 2 bridgehead atoms. The molecule has 2 saturated carbocycles. The van der Waals surface area contributed by atoms with E-state index < -0.39 is 18.2 Å². The summed E-state index contributed by atoms with van der Waals surface area (Å²) >= 11 is 0. The minimum absolute atomic E-state index is 0.136. The topological polar surface area (TPSA) is 50.1 Å². The molecule has 1 aromatic heterocycles. The Hall–Kier alpha value is -1.08. The molecule has 2 N–H and O–H groups in total. The molecule has 0 aromatic carbocycles. The maximum atomic E-state index is 13.4. The summed E-state index contributed by atoms with van der Waals surface area (Å²) in [5, 5.41) is 13.5. The summed E-state index contributed by atoms with van der Waals surface area (Å²) in [4.78, 5) is 3.71. The number of fused-ring (bicyclic) bond motifs is 2. The Morgan fingerprint density at radius 1 is 1.36 bits per heavy atom. The molecule has 2 aliphatic carbocycles. The van der Waals surface area contributed by atoms with Gasteiger partial charge in [-0.15, -0.1) is 0 Å². The summed E-state index contributed by atoms with van der Waals surface area (Å²) in [5.74, 6) is 0.977. The largest absolute Gasteiger partial charge is 0.424 e. The van der Waals surface area contributed by atoms with Gasteiger partial charge in [-0.05, 0) is 37.6 Å². The van der Waals surface area contributed by atoms with Gasteiger partial charge >= 0.3 is 6.18 Å². The van der Waals surface area contributed by atoms with Crippen LogP contribution in [-0.4, -0.2) is 33.4 Å². The van der Waals surface area contributed by atoms with Crippen molar-refractivity contribution in [1.29, 1.82) is 0 Å². The normalized spacial score (nSPS) is 30.7. The SMILES string of the molecule is Cn1ccnc1C(O)(CCNC1CC2CCC1C2)C(F)(F)F. The second kappa shape index (κ2) is 5.53. The third kappa shape index (κ3) is 2.65. The Balaban J connectivity index is 1.65. The molecule has 3 rings (SSSR count). The standard InChI is InChI=1S/C15H22F3N3O/c1-21-7-6-20-13(21)14(22,15(16,17)18)4-5-19-12-9-10-2-3-11(12)8-10/h6-7,10-12,19,22H,2-5,8-9H2,1H3. The zero-order valence-corrected chi connectivity index (χ0v) is 12.6. The van der Waals surface area contributed by atoms with Crippen LogP contribution in [0.1, 0.15) is 37.9 Å². The van der Waals surface area contributed by atoms with Crippen LogP contribution in [0.25, 0.3) is 0 Å². The minimum Gasteiger partial charge on any atom is -0.374 e. The monoisotopic (exact) mass is 317 g/mol. The molecule has 0 spiro atoms. The molecule has 4 atom stereocenters. The first-order chi connectivity index (χ1) is 10.3. The van der Waals surface area contributed by atoms with Crippen molar-refractivity contribution in [3.8, 4) is 0 Å². The molecule has 124 valence electrons. The van der Waals surface area contributed by atoms with Crippen LogP contribution in [0.5, 0.6) is 0 Å². The highest BCUT2D eigenvalue weighted by Crippen LogP contribution is 2.45. The Morgan fingerprint density at radius 2 is 2.14 bits per heavy atom. The fourth-order valence-electron chi connectivity index (χ4n) is 4.08. The van der Waals surface area contributed by atoms with E-state index in [9.17, 15) is 18.3 Å². The van der Waals surface area contributed by atoms with Crippen molar-refractivity contribution in [3.63, 3.8) is 0 Å². The first kappa shape index (κ1) is 15.8. The van der Waals surface area contributed by atoms with Gasteiger partial charge in [0.2, 0.25) is 5.60 Å². The highest BCUT2D eigenvalue weighted by molar-refractivity contribution is 5.08. The summed E-state index contributed by atoms with van der Waals surface area (Å²) in [7, 11) is 1.46. The van der Waals surface area contributed by atoms with Gasteiger partial charge in [0, 0.05) is 31.9 Å². The van der Waals surface area contributed by atoms with E-state index in [2.05, 4.69) is 10.3 Å². The average molecular weight is 317 g/mol. The van der Waals surface area contributed by atoms with Crippen molar-refractivity contribution in [2.75, 3.05) is 6.54 Å². The average Bonchev–Trinajstić information content (AvgIpc) is 3.13. The maximum absolute atomic E-state index is 13.4. The van der Waals surface area contributed by atoms with Crippen LogP contribution in [-0.2, 0) is 12.6 Å². The number of halogens is 3. The van der Waals surface area contributed by atoms with Gasteiger partial charge < -0.3 is 15.0 Å². The van der Waals surface area contributed by atoms with Gasteiger partial charge in [-0.2, -0.15) is 13.2 Å². The van der Waals surface area contributed by atoms with E-state index in [1.165, 1.54) is 43.3 Å². The van der Waals surface area contributed by atoms with Crippen LogP contribution in [0.2, 0.25) is 0 Å². The van der Waals surface area contributed by atoms with Crippen molar-refractivity contribution < 1.29 is 18.3 Å². The number of aromatic nitrogens is 2. The second-order valence-electron chi connectivity index (χ2n) is 6.71. The lowest BCUT2D eigenvalue weighted by Crippen LogP contribution is -2.47. The maximum Gasteiger partial charge on any atom is 0.424 e. The lowest BCUT2D eigenvalue weighted by atomic mass is 9.94. The predicted octanol–water partition coefficient (Wildman–Crippen LogP) is 2.34. The number of rotatable bonds is 5. The van der Waals surface area contributed by atoms with Gasteiger partial charge in [-0.1, -0.05) is 6.42 Å². The van der Waals surface area contributed by atoms with Crippen LogP contribution in [0.4, 0.5) is 13.2 Å². The molecule has 22 heavy (non-hydrogen) atoms. The van der Waals surface area contributed by atoms with E-state index in [-0.39, 0.29) is 12.4 Å². The van der Waals surface area contributed by atoms with Gasteiger partial charge in [0.05, 0.1) is 0 Å². The first-order valence-corrected chi connectivity index (χ1v) is 7.81. The van der Waals surface area contributed by atoms with E-state index in [4.69, 9.17) is 0 Å². The summed E-state index contributed by atoms with van der Waals surface area (Å²) in [6.45, 7) is 0.136. The molecule has 0 amide bonds. The summed E-state index contributed by atoms with van der Waals surface area (Å²) in [5.41, 5.74) is -2.91. The summed E-state index contributed by atoms with van der Waals surface area (Å²) < 4.78 is 41.3. The third-order valence-corrected chi connectivity index (χ3v) is 5.29. The number of hydrogen-bond acceptors (Lipinski definition) is 3. The fourth-order valence-corrected chi connectivity index (χ4v) is 4.08. The molecular weight excluding hydrogens is 295 g/mol. The van der Waals surface area contributed by atoms with Crippen molar-refractivity contribution in [3.05, 3.63) is 18.2 Å². The van der Waals surface area contributed by atoms with Gasteiger partial charge in [0.15, 0.2) is 0 Å². The van der Waals surface area contributed by atoms with Crippen molar-refractivity contribution in [2.24, 2.45) is 18.9 Å². The Labute approximate surface area is 127 Å². The highest BCUT2D eigenvalue weighted by atomic mass is 19.4. The Morgan fingerprint density at radius 3 is 2.64 bits per heavy atom. The van der Waals surface area contributed by atoms with E-state index >= 15 is 0 Å². The molecule has 2 fully saturated rings. The van der Waals surface area contributed by atoms with Crippen molar-refractivity contribution in [1.82, 2.24) is 14.9 Å². The second-order valence-corrected chi connectivity index (χ2v) is 6.71. The van der Waals surface area contributed by atoms with Crippen LogP contribution in [0, 0.1) is 11.8 Å². The number of hydrogen-bond donors (Lipinski definition) is 2. The zero-order chi connectivity index (χ0) is 16.0. The molecule has 4 unspecified atom stereocenters. The fraction of sp³-hybridized carbons (Fsp3) is 0.800. The molecule has 0 saturated heterocycles. The molecular formula is C15H22F3N3O. The number of aliphatic hydroxyl groups is 1. The number of nitrogens with one attached hydrogen (secondary N) is 1. The smallest absolute Gasteiger partial charge is 0.374 e. The Bertz CT molecular complexity index is 530. The van der Waals surface area contributed by atoms with Gasteiger partial charge in [-0.25, -0.2) is 4.98 Å². The molecule has 7 heteroatoms. The van der Waals surface area contributed by atoms with E-state index in [0.717, 1.165) is 12.3 Å². The number of imidazole rings is 1. The van der Waals surface area contributed by atoms with Gasteiger partial charge in [0.1, 0.15) is 5.82 Å². The summed E-state index contributed by atoms with van der Waals surface area (Å²) in [6.07, 6.45) is 2.19. The third-order valence-electron chi connectivity index (χ3n) is 5.29. The molecule has 1 heterocycles. The predicted molar refractivity (Wildman–Crippen MR) is 75.0 cm³/mol. The molecule has 0 radical (unpaired) electrons. The molecule has 1 aromatic rings. The molecule has 4 nitrogen and oxygen atoms in total. The van der Waals surface area contributed by atoms with Gasteiger partial charge in [0.25, 0.3) is 0 Å². The van der Waals surface area contributed by atoms with E-state index in [1.54, 1.807) is 0 Å². The van der Waals surface area contributed by atoms with Crippen LogP contribution in [0.3, 0.4) is 0 Å². The lowest BCUT2D eigenvalue weighted by molar-refractivity contribution is -0.272. The first-order valence-electron chi connectivity index (χ1n) is 7.81. The van der Waals surface area contributed by atoms with E-state index in [1.807, 2.05) is 0 Å². The lowest BCUT2D eigenvalue weighted by Gasteiger charge is -2.31. The summed E-state index contributed by atoms with van der Waals surface area (Å²) in [6, 6.07) is 0.303. The number of aryl methyl sites for hydroxylation is 1. The van der Waals surface area contributed by atoms with Gasteiger partial charge in [-0.3, -0.25) is 0 Å². The highest BCUT2D eigenvalue weighted by Gasteiger charge is 2.57. The quantitative estimate of drug-likeness (QED) is 0.876. The van der Waals surface area contributed by atoms with Crippen molar-refractivity contribution >= 4 is 0 Å².